The number of nitrogens with one attached hydrogen (secondary N) is 2. The van der Waals surface area contributed by atoms with Crippen molar-refractivity contribution in [3.8, 4) is 0 Å². The predicted octanol–water partition coefficient (Wildman–Crippen LogP) is 3.84. The van der Waals surface area contributed by atoms with E-state index >= 15 is 0 Å². The summed E-state index contributed by atoms with van der Waals surface area (Å²) in [4.78, 5) is 12.3. The van der Waals surface area contributed by atoms with Crippen LogP contribution in [0.1, 0.15) is 50.7 Å². The van der Waals surface area contributed by atoms with Crippen molar-refractivity contribution in [3.05, 3.63) is 35.0 Å². The number of nitrogens with zero attached hydrogens (tertiary/aromatic N) is 3. The lowest BCUT2D eigenvalue weighted by molar-refractivity contribution is 0.0524. The summed E-state index contributed by atoms with van der Waals surface area (Å²) in [5.41, 5.74) is 2.19. The highest BCUT2D eigenvalue weighted by atomic mass is 32.1. The van der Waals surface area contributed by atoms with Crippen LogP contribution in [0.4, 0.5) is 16.4 Å². The standard InChI is InChI=1S/C21H29N5OS/c1-13(2)19-25-17-18(26-10-9-22-14(12-26)11-21(3,4)27)23-15-7-5-6-8-16(15)24-20(17)28-19/h5-8,13-14,22,24,27H,9-12H2,1-4H3/t14-/m0/s1. The highest BCUT2D eigenvalue weighted by Crippen LogP contribution is 2.39. The summed E-state index contributed by atoms with van der Waals surface area (Å²) in [5.74, 6) is 1.30. The van der Waals surface area contributed by atoms with Gasteiger partial charge in [-0.2, -0.15) is 0 Å². The van der Waals surface area contributed by atoms with Gasteiger partial charge in [-0.25, -0.2) is 9.98 Å². The number of anilines is 2. The Kier molecular flexibility index (Phi) is 5.16. The molecular weight excluding hydrogens is 370 g/mol. The molecule has 1 aromatic carbocycles. The molecule has 0 saturated carbocycles. The molecule has 1 atom stereocenters. The third-order valence-corrected chi connectivity index (χ3v) is 6.30. The van der Waals surface area contributed by atoms with Gasteiger partial charge in [0, 0.05) is 31.6 Å². The van der Waals surface area contributed by atoms with Gasteiger partial charge in [0.1, 0.15) is 10.7 Å². The average Bonchev–Trinajstić information content (AvgIpc) is 2.97. The maximum Gasteiger partial charge on any atom is 0.158 e. The summed E-state index contributed by atoms with van der Waals surface area (Å²) >= 11 is 1.71. The van der Waals surface area contributed by atoms with Crippen molar-refractivity contribution >= 4 is 33.5 Å². The summed E-state index contributed by atoms with van der Waals surface area (Å²) in [7, 11) is 0. The smallest absolute Gasteiger partial charge is 0.158 e. The summed E-state index contributed by atoms with van der Waals surface area (Å²) in [5, 5.41) is 19.5. The lowest BCUT2D eigenvalue weighted by Gasteiger charge is -2.37. The van der Waals surface area contributed by atoms with E-state index in [9.17, 15) is 5.11 Å². The Bertz CT molecular complexity index is 883. The van der Waals surface area contributed by atoms with E-state index in [1.807, 2.05) is 32.0 Å². The van der Waals surface area contributed by atoms with Gasteiger partial charge in [0.05, 0.1) is 22.0 Å². The van der Waals surface area contributed by atoms with Crippen LogP contribution in [0.15, 0.2) is 29.3 Å². The normalized spacial score (nSPS) is 19.6. The van der Waals surface area contributed by atoms with Gasteiger partial charge in [0.2, 0.25) is 0 Å². The second kappa shape index (κ2) is 7.46. The number of rotatable bonds is 3. The van der Waals surface area contributed by atoms with Crippen LogP contribution in [0.5, 0.6) is 0 Å². The Hall–Kier alpha value is -1.96. The predicted molar refractivity (Wildman–Crippen MR) is 116 cm³/mol. The first-order valence-electron chi connectivity index (χ1n) is 9.97. The second-order valence-corrected chi connectivity index (χ2v) is 9.61. The number of piperazine rings is 1. The largest absolute Gasteiger partial charge is 0.390 e. The molecule has 3 N–H and O–H groups in total. The van der Waals surface area contributed by atoms with E-state index in [1.165, 1.54) is 0 Å². The minimum Gasteiger partial charge on any atom is -0.390 e. The van der Waals surface area contributed by atoms with Crippen molar-refractivity contribution in [2.75, 3.05) is 25.0 Å². The first-order chi connectivity index (χ1) is 13.3. The number of amidine groups is 1. The van der Waals surface area contributed by atoms with Gasteiger partial charge in [-0.1, -0.05) is 26.0 Å². The Balaban J connectivity index is 1.72. The number of aromatic nitrogens is 1. The van der Waals surface area contributed by atoms with E-state index in [4.69, 9.17) is 9.98 Å². The zero-order valence-electron chi connectivity index (χ0n) is 17.0. The molecule has 1 fully saturated rings. The topological polar surface area (TPSA) is 72.8 Å². The van der Waals surface area contributed by atoms with Crippen LogP contribution >= 0.6 is 11.3 Å². The number of thiazole rings is 1. The molecular formula is C21H29N5OS. The van der Waals surface area contributed by atoms with Gasteiger partial charge in [-0.3, -0.25) is 0 Å². The van der Waals surface area contributed by atoms with Gasteiger partial charge >= 0.3 is 0 Å². The molecule has 4 rings (SSSR count). The van der Waals surface area contributed by atoms with Crippen LogP contribution in [0.3, 0.4) is 0 Å². The summed E-state index contributed by atoms with van der Waals surface area (Å²) in [6.45, 7) is 10.6. The molecule has 2 aliphatic rings. The Labute approximate surface area is 170 Å². The van der Waals surface area contributed by atoms with Gasteiger partial charge < -0.3 is 20.6 Å². The van der Waals surface area contributed by atoms with E-state index in [1.54, 1.807) is 11.3 Å². The lowest BCUT2D eigenvalue weighted by atomic mass is 9.97. The summed E-state index contributed by atoms with van der Waals surface area (Å²) < 4.78 is 0. The van der Waals surface area contributed by atoms with Crippen LogP contribution in [-0.2, 0) is 0 Å². The van der Waals surface area contributed by atoms with E-state index < -0.39 is 5.60 Å². The summed E-state index contributed by atoms with van der Waals surface area (Å²) in [6, 6.07) is 8.37. The molecule has 1 saturated heterocycles. The first kappa shape index (κ1) is 19.4. The molecule has 150 valence electrons. The van der Waals surface area contributed by atoms with Crippen LogP contribution in [-0.4, -0.2) is 52.1 Å². The van der Waals surface area contributed by atoms with E-state index in [0.29, 0.717) is 12.3 Å². The van der Waals surface area contributed by atoms with Crippen molar-refractivity contribution in [3.63, 3.8) is 0 Å². The minimum absolute atomic E-state index is 0.217. The molecule has 6 nitrogen and oxygen atoms in total. The molecule has 0 radical (unpaired) electrons. The van der Waals surface area contributed by atoms with Gasteiger partial charge in [-0.05, 0) is 32.4 Å². The molecule has 2 aromatic rings. The highest BCUT2D eigenvalue weighted by molar-refractivity contribution is 7.16. The van der Waals surface area contributed by atoms with Crippen molar-refractivity contribution < 1.29 is 5.11 Å². The van der Waals surface area contributed by atoms with Crippen LogP contribution in [0.25, 0.3) is 0 Å². The fraction of sp³-hybridized carbons (Fsp3) is 0.524. The molecule has 0 bridgehead atoms. The van der Waals surface area contributed by atoms with E-state index in [-0.39, 0.29) is 6.04 Å². The maximum absolute atomic E-state index is 10.3. The molecule has 0 amide bonds. The number of aliphatic imine (C=N–C) groups is 1. The van der Waals surface area contributed by atoms with Gasteiger partial charge in [-0.15, -0.1) is 11.3 Å². The number of fused-ring (bicyclic) bond motifs is 2. The third kappa shape index (κ3) is 4.06. The third-order valence-electron chi connectivity index (χ3n) is 5.03. The van der Waals surface area contributed by atoms with Crippen molar-refractivity contribution in [2.45, 2.75) is 51.7 Å². The number of hydrogen-bond donors (Lipinski definition) is 3. The van der Waals surface area contributed by atoms with Gasteiger partial charge in [0.25, 0.3) is 0 Å². The van der Waals surface area contributed by atoms with Crippen LogP contribution in [0, 0.1) is 0 Å². The highest BCUT2D eigenvalue weighted by Gasteiger charge is 2.31. The number of para-hydroxylation sites is 2. The monoisotopic (exact) mass is 399 g/mol. The second-order valence-electron chi connectivity index (χ2n) is 8.58. The fourth-order valence-corrected chi connectivity index (χ4v) is 4.74. The Morgan fingerprint density at radius 1 is 1.32 bits per heavy atom. The average molecular weight is 400 g/mol. The molecule has 1 aromatic heterocycles. The number of benzene rings is 1. The van der Waals surface area contributed by atoms with Crippen LogP contribution < -0.4 is 10.6 Å². The van der Waals surface area contributed by atoms with Gasteiger partial charge in [0.15, 0.2) is 5.84 Å². The van der Waals surface area contributed by atoms with E-state index in [2.05, 4.69) is 35.4 Å². The number of hydrogen-bond acceptors (Lipinski definition) is 7. The van der Waals surface area contributed by atoms with E-state index in [0.717, 1.165) is 52.5 Å². The Morgan fingerprint density at radius 3 is 2.86 bits per heavy atom. The molecule has 3 heterocycles. The fourth-order valence-electron chi connectivity index (χ4n) is 3.76. The molecule has 0 aliphatic carbocycles. The Morgan fingerprint density at radius 2 is 2.11 bits per heavy atom. The quantitative estimate of drug-likeness (QED) is 0.731. The minimum atomic E-state index is -0.698. The van der Waals surface area contributed by atoms with Crippen LogP contribution in [0.2, 0.25) is 0 Å². The SMILES string of the molecule is CC(C)c1nc2c(s1)Nc1ccccc1N=C2N1CCN[C@@H](CC(C)(C)O)C1. The molecule has 2 aliphatic heterocycles. The van der Waals surface area contributed by atoms with Crippen molar-refractivity contribution in [1.29, 1.82) is 0 Å². The molecule has 0 spiro atoms. The summed E-state index contributed by atoms with van der Waals surface area (Å²) in [6.07, 6.45) is 0.701. The lowest BCUT2D eigenvalue weighted by Crippen LogP contribution is -2.54. The number of aliphatic hydroxyl groups is 1. The zero-order chi connectivity index (χ0) is 19.9. The van der Waals surface area contributed by atoms with Crippen molar-refractivity contribution in [1.82, 2.24) is 15.2 Å². The molecule has 28 heavy (non-hydrogen) atoms. The maximum atomic E-state index is 10.3. The van der Waals surface area contributed by atoms with Crippen molar-refractivity contribution in [2.24, 2.45) is 4.99 Å². The zero-order valence-corrected chi connectivity index (χ0v) is 17.8. The molecule has 0 unspecified atom stereocenters. The molecule has 7 heteroatoms. The first-order valence-corrected chi connectivity index (χ1v) is 10.8.